The van der Waals surface area contributed by atoms with Gasteiger partial charge in [-0.25, -0.2) is 4.79 Å². The van der Waals surface area contributed by atoms with Crippen LogP contribution in [0.3, 0.4) is 0 Å². The number of H-pyrrole nitrogens is 1. The molecule has 0 radical (unpaired) electrons. The zero-order valence-electron chi connectivity index (χ0n) is 22.7. The summed E-state index contributed by atoms with van der Waals surface area (Å²) in [6, 6.07) is 20.8. The van der Waals surface area contributed by atoms with Crippen molar-refractivity contribution in [1.29, 1.82) is 0 Å². The molecule has 0 spiro atoms. The number of aryl methyl sites for hydroxylation is 1. The number of aliphatic hydroxyl groups is 1. The molecule has 1 aliphatic heterocycles. The number of hydrogen-bond donors (Lipinski definition) is 2. The van der Waals surface area contributed by atoms with Crippen LogP contribution in [0.1, 0.15) is 39.0 Å². The summed E-state index contributed by atoms with van der Waals surface area (Å²) in [6.45, 7) is 8.60. The molecule has 1 aliphatic rings. The number of benzene rings is 2. The minimum atomic E-state index is -2.81. The summed E-state index contributed by atoms with van der Waals surface area (Å²) in [4.78, 5) is 26.9. The third-order valence-corrected chi connectivity index (χ3v) is 13.1. The normalized spacial score (nSPS) is 20.9. The fourth-order valence-corrected chi connectivity index (χ4v) is 10.7. The van der Waals surface area contributed by atoms with Crippen LogP contribution in [0.2, 0.25) is 5.04 Å². The van der Waals surface area contributed by atoms with E-state index in [2.05, 4.69) is 50.0 Å². The number of rotatable bonds is 9. The summed E-state index contributed by atoms with van der Waals surface area (Å²) in [5, 5.41) is 13.2. The molecule has 1 saturated heterocycles. The lowest BCUT2D eigenvalue weighted by atomic mass is 9.95. The monoisotopic (exact) mass is 554 g/mol. The van der Waals surface area contributed by atoms with Gasteiger partial charge in [0.15, 0.2) is 0 Å². The number of thioether (sulfide) groups is 1. The Morgan fingerprint density at radius 1 is 1.11 bits per heavy atom. The molecule has 4 atom stereocenters. The van der Waals surface area contributed by atoms with Crippen molar-refractivity contribution in [2.45, 2.75) is 57.6 Å². The van der Waals surface area contributed by atoms with Gasteiger partial charge in [-0.1, -0.05) is 81.4 Å². The van der Waals surface area contributed by atoms with E-state index in [9.17, 15) is 14.7 Å². The second kappa shape index (κ2) is 11.8. The van der Waals surface area contributed by atoms with Crippen molar-refractivity contribution in [1.82, 2.24) is 9.55 Å². The number of ether oxygens (including phenoxy) is 1. The second-order valence-electron chi connectivity index (χ2n) is 11.0. The Labute approximate surface area is 229 Å². The Kier molecular flexibility index (Phi) is 8.84. The molecule has 38 heavy (non-hydrogen) atoms. The van der Waals surface area contributed by atoms with E-state index in [0.29, 0.717) is 17.7 Å². The number of aliphatic hydroxyl groups excluding tert-OH is 1. The van der Waals surface area contributed by atoms with E-state index in [1.165, 1.54) is 21.1 Å². The van der Waals surface area contributed by atoms with E-state index in [4.69, 9.17) is 9.16 Å². The van der Waals surface area contributed by atoms with Crippen LogP contribution in [0.25, 0.3) is 0 Å². The molecule has 1 aromatic heterocycles. The molecule has 0 amide bonds. The summed E-state index contributed by atoms with van der Waals surface area (Å²) >= 11 is 1.57. The van der Waals surface area contributed by atoms with Crippen LogP contribution in [-0.4, -0.2) is 53.8 Å². The third-order valence-electron chi connectivity index (χ3n) is 7.45. The molecule has 2 N–H and O–H groups in total. The lowest BCUT2D eigenvalue weighted by Crippen LogP contribution is -2.67. The predicted molar refractivity (Wildman–Crippen MR) is 156 cm³/mol. The minimum Gasteiger partial charge on any atom is -0.405 e. The van der Waals surface area contributed by atoms with Crippen molar-refractivity contribution in [3.63, 3.8) is 0 Å². The fourth-order valence-electron chi connectivity index (χ4n) is 5.55. The molecule has 1 fully saturated rings. The topological polar surface area (TPSA) is 93.6 Å². The Hall–Kier alpha value is -2.43. The van der Waals surface area contributed by atoms with Crippen LogP contribution in [0.15, 0.2) is 76.4 Å². The Morgan fingerprint density at radius 2 is 1.68 bits per heavy atom. The number of aromatic amines is 1. The standard InChI is InChI=1S/C29H38N2O5SSi/c1-20-17-31(28(34)30-27(20)33)26-16-23(24(32)19-37-5)25(36-26)18-35-38(29(2,3)4,21-12-8-6-9-13-21)22-14-10-7-11-15-22/h6-15,17,23-26,32H,16,18-19H2,1-5H3,(H,30,33,34)/t23-,24?,25-,26-/m1/s1. The first kappa shape index (κ1) is 28.6. The van der Waals surface area contributed by atoms with Gasteiger partial charge < -0.3 is 14.3 Å². The molecule has 0 aliphatic carbocycles. The van der Waals surface area contributed by atoms with E-state index in [0.717, 1.165) is 0 Å². The highest BCUT2D eigenvalue weighted by Crippen LogP contribution is 2.40. The fraction of sp³-hybridized carbons (Fsp3) is 0.448. The first-order valence-electron chi connectivity index (χ1n) is 13.0. The van der Waals surface area contributed by atoms with Crippen LogP contribution in [0, 0.1) is 12.8 Å². The highest BCUT2D eigenvalue weighted by atomic mass is 32.2. The zero-order valence-corrected chi connectivity index (χ0v) is 24.5. The van der Waals surface area contributed by atoms with Crippen LogP contribution in [-0.2, 0) is 9.16 Å². The highest BCUT2D eigenvalue weighted by Gasteiger charge is 2.51. The van der Waals surface area contributed by atoms with E-state index >= 15 is 0 Å². The van der Waals surface area contributed by atoms with Gasteiger partial charge in [0, 0.05) is 29.9 Å². The van der Waals surface area contributed by atoms with E-state index in [-0.39, 0.29) is 17.6 Å². The Balaban J connectivity index is 1.72. The van der Waals surface area contributed by atoms with Crippen LogP contribution in [0.4, 0.5) is 0 Å². The minimum absolute atomic E-state index is 0.200. The molecule has 0 bridgehead atoms. The van der Waals surface area contributed by atoms with Gasteiger partial charge >= 0.3 is 5.69 Å². The van der Waals surface area contributed by atoms with Crippen molar-refractivity contribution in [3.05, 3.63) is 93.3 Å². The van der Waals surface area contributed by atoms with Gasteiger partial charge in [0.05, 0.1) is 18.8 Å². The largest absolute Gasteiger partial charge is 0.405 e. The number of hydrogen-bond acceptors (Lipinski definition) is 6. The molecular formula is C29H38N2O5SSi. The summed E-state index contributed by atoms with van der Waals surface area (Å²) in [5.41, 5.74) is -0.492. The van der Waals surface area contributed by atoms with Gasteiger partial charge in [0.25, 0.3) is 13.9 Å². The number of aromatic nitrogens is 2. The lowest BCUT2D eigenvalue weighted by Gasteiger charge is -2.43. The maximum atomic E-state index is 12.6. The molecule has 3 aromatic rings. The first-order chi connectivity index (χ1) is 18.1. The quantitative estimate of drug-likeness (QED) is 0.395. The van der Waals surface area contributed by atoms with Crippen molar-refractivity contribution in [2.75, 3.05) is 18.6 Å². The summed E-state index contributed by atoms with van der Waals surface area (Å²) in [6.07, 6.45) is 2.29. The molecule has 7 nitrogen and oxygen atoms in total. The summed E-state index contributed by atoms with van der Waals surface area (Å²) in [7, 11) is -2.81. The first-order valence-corrected chi connectivity index (χ1v) is 16.3. The highest BCUT2D eigenvalue weighted by molar-refractivity contribution is 7.98. The van der Waals surface area contributed by atoms with Gasteiger partial charge in [0.1, 0.15) is 6.23 Å². The molecule has 0 saturated carbocycles. The van der Waals surface area contributed by atoms with Crippen molar-refractivity contribution in [2.24, 2.45) is 5.92 Å². The van der Waals surface area contributed by atoms with Crippen molar-refractivity contribution in [3.8, 4) is 0 Å². The molecule has 2 aromatic carbocycles. The van der Waals surface area contributed by atoms with E-state index < -0.39 is 38.0 Å². The van der Waals surface area contributed by atoms with Gasteiger partial charge in [0.2, 0.25) is 0 Å². The van der Waals surface area contributed by atoms with Gasteiger partial charge in [-0.2, -0.15) is 11.8 Å². The van der Waals surface area contributed by atoms with Gasteiger partial charge in [-0.3, -0.25) is 14.3 Å². The van der Waals surface area contributed by atoms with Crippen LogP contribution in [0.5, 0.6) is 0 Å². The third kappa shape index (κ3) is 5.62. The van der Waals surface area contributed by atoms with Crippen LogP contribution < -0.4 is 21.6 Å². The SMILES string of the molecule is CSCC(O)[C@H]1C[C@H](n2cc(C)c(=O)[nH]c2=O)O[C@@H]1CO[Si](c1ccccc1)(c1ccccc1)C(C)(C)C. The van der Waals surface area contributed by atoms with E-state index in [1.54, 1.807) is 18.7 Å². The lowest BCUT2D eigenvalue weighted by molar-refractivity contribution is -0.0402. The maximum Gasteiger partial charge on any atom is 0.330 e. The molecule has 9 heteroatoms. The van der Waals surface area contributed by atoms with Gasteiger partial charge in [-0.05, 0) is 28.6 Å². The van der Waals surface area contributed by atoms with Crippen molar-refractivity contribution >= 4 is 30.5 Å². The van der Waals surface area contributed by atoms with Gasteiger partial charge in [-0.15, -0.1) is 0 Å². The van der Waals surface area contributed by atoms with Crippen molar-refractivity contribution < 1.29 is 14.3 Å². The molecular weight excluding hydrogens is 516 g/mol. The molecule has 1 unspecified atom stereocenters. The average Bonchev–Trinajstić information content (AvgIpc) is 3.31. The van der Waals surface area contributed by atoms with E-state index in [1.807, 2.05) is 42.7 Å². The van der Waals surface area contributed by atoms with Crippen LogP contribution >= 0.6 is 11.8 Å². The molecule has 204 valence electrons. The Morgan fingerprint density at radius 3 is 2.21 bits per heavy atom. The second-order valence-corrected chi connectivity index (χ2v) is 16.2. The summed E-state index contributed by atoms with van der Waals surface area (Å²) in [5.74, 6) is 0.320. The molecule has 4 rings (SSSR count). The number of nitrogens with zero attached hydrogens (tertiary/aromatic N) is 1. The average molecular weight is 555 g/mol. The predicted octanol–water partition coefficient (Wildman–Crippen LogP) is 3.05. The zero-order chi connectivity index (χ0) is 27.5. The number of nitrogens with one attached hydrogen (secondary N) is 1. The summed E-state index contributed by atoms with van der Waals surface area (Å²) < 4.78 is 15.0. The maximum absolute atomic E-state index is 12.6. The Bertz CT molecular complexity index is 1280. The smallest absolute Gasteiger partial charge is 0.330 e. The molecule has 2 heterocycles.